The Morgan fingerprint density at radius 2 is 2.10 bits per heavy atom. The second-order valence-electron chi connectivity index (χ2n) is 6.21. The van der Waals surface area contributed by atoms with E-state index in [4.69, 9.17) is 15.2 Å². The summed E-state index contributed by atoms with van der Waals surface area (Å²) in [6.45, 7) is 5.62. The highest BCUT2D eigenvalue weighted by atomic mass is 19.1. The monoisotopic (exact) mass is 425 g/mol. The maximum atomic E-state index is 13.8. The summed E-state index contributed by atoms with van der Waals surface area (Å²) >= 11 is 0. The van der Waals surface area contributed by atoms with Crippen molar-refractivity contribution in [3.05, 3.63) is 41.5 Å². The van der Waals surface area contributed by atoms with Crippen LogP contribution in [0.15, 0.2) is 24.4 Å². The Bertz CT molecular complexity index is 1190. The van der Waals surface area contributed by atoms with Crippen molar-refractivity contribution in [1.29, 1.82) is 5.26 Å². The zero-order valence-electron chi connectivity index (χ0n) is 17.3. The third kappa shape index (κ3) is 4.09. The molecule has 0 aliphatic carbocycles. The molecule has 11 heteroatoms. The Kier molecular flexibility index (Phi) is 6.01. The molecule has 1 aromatic carbocycles. The first-order valence-corrected chi connectivity index (χ1v) is 9.42. The van der Waals surface area contributed by atoms with Gasteiger partial charge in [0.25, 0.3) is 5.88 Å². The lowest BCUT2D eigenvalue weighted by atomic mass is 10.1. The molecule has 2 bridgehead atoms. The zero-order chi connectivity index (χ0) is 22.7. The number of aromatic nitrogens is 4. The number of ether oxygens (including phenoxy) is 2. The van der Waals surface area contributed by atoms with E-state index in [0.29, 0.717) is 0 Å². The number of hydrogen-bond donors (Lipinski definition) is 2. The molecule has 2 aromatic heterocycles. The lowest BCUT2D eigenvalue weighted by Gasteiger charge is -2.19. The van der Waals surface area contributed by atoms with Crippen LogP contribution in [0.2, 0.25) is 0 Å². The average molecular weight is 425 g/mol. The number of aryl methyl sites for hydroxylation is 1. The SMILES string of the molecule is CC.CC1Oc2nc(cnc2N)-c2c(nn(C)c2C#N)NC(=O)Oc2ccc(F)cc21. The molecule has 1 aliphatic heterocycles. The number of nitrogens with one attached hydrogen (secondary N) is 1. The topological polar surface area (TPSA) is 141 Å². The van der Waals surface area contributed by atoms with Crippen LogP contribution in [0.3, 0.4) is 0 Å². The fraction of sp³-hybridized carbons (Fsp3) is 0.250. The van der Waals surface area contributed by atoms with Gasteiger partial charge in [0.05, 0.1) is 17.5 Å². The van der Waals surface area contributed by atoms with Gasteiger partial charge in [0.2, 0.25) is 0 Å². The second kappa shape index (κ2) is 8.66. The van der Waals surface area contributed by atoms with Gasteiger partial charge >= 0.3 is 6.09 Å². The zero-order valence-corrected chi connectivity index (χ0v) is 17.3. The first kappa shape index (κ1) is 21.5. The van der Waals surface area contributed by atoms with E-state index in [2.05, 4.69) is 20.4 Å². The number of amides is 1. The number of carbonyl (C=O) groups excluding carboxylic acids is 1. The van der Waals surface area contributed by atoms with Gasteiger partial charge in [-0.15, -0.1) is 0 Å². The fourth-order valence-corrected chi connectivity index (χ4v) is 2.95. The van der Waals surface area contributed by atoms with Gasteiger partial charge < -0.3 is 15.2 Å². The van der Waals surface area contributed by atoms with Crippen LogP contribution in [0.25, 0.3) is 11.3 Å². The van der Waals surface area contributed by atoms with Crippen LogP contribution in [0.1, 0.15) is 38.1 Å². The molecular formula is C20H20FN7O3. The molecule has 4 rings (SSSR count). The van der Waals surface area contributed by atoms with Crippen molar-refractivity contribution in [1.82, 2.24) is 19.7 Å². The summed E-state index contributed by atoms with van der Waals surface area (Å²) in [6.07, 6.45) is -0.317. The van der Waals surface area contributed by atoms with Gasteiger partial charge in [-0.2, -0.15) is 10.4 Å². The van der Waals surface area contributed by atoms with E-state index in [9.17, 15) is 14.4 Å². The Balaban J connectivity index is 0.00000132. The Morgan fingerprint density at radius 3 is 2.81 bits per heavy atom. The molecule has 1 amide bonds. The highest BCUT2D eigenvalue weighted by Crippen LogP contribution is 2.35. The standard InChI is InChI=1S/C18H14FN7O3.C2H6/c1-8-10-5-9(19)3-4-13(10)29-18(27)24-16-14(12(6-20)26(2)25-16)11-7-22-15(21)17(23-11)28-8;1-2/h3-5,7-8H,1-2H3,(H2,21,22)(H,24,25,27);1-2H3. The van der Waals surface area contributed by atoms with E-state index in [1.807, 2.05) is 19.9 Å². The summed E-state index contributed by atoms with van der Waals surface area (Å²) in [5.74, 6) is -0.428. The maximum Gasteiger partial charge on any atom is 0.418 e. The van der Waals surface area contributed by atoms with Crippen molar-refractivity contribution in [3.63, 3.8) is 0 Å². The predicted octanol–water partition coefficient (Wildman–Crippen LogP) is 3.56. The lowest BCUT2D eigenvalue weighted by molar-refractivity contribution is 0.202. The minimum absolute atomic E-state index is 0.00418. The molecule has 1 aliphatic rings. The number of nitrogens with zero attached hydrogens (tertiary/aromatic N) is 5. The highest BCUT2D eigenvalue weighted by Gasteiger charge is 2.26. The van der Waals surface area contributed by atoms with Gasteiger partial charge in [-0.05, 0) is 25.1 Å². The molecule has 0 saturated carbocycles. The number of fused-ring (bicyclic) bond motifs is 5. The van der Waals surface area contributed by atoms with E-state index < -0.39 is 18.0 Å². The largest absolute Gasteiger partial charge is 0.467 e. The van der Waals surface area contributed by atoms with Crippen LogP contribution >= 0.6 is 0 Å². The molecular weight excluding hydrogens is 405 g/mol. The van der Waals surface area contributed by atoms with Crippen molar-refractivity contribution >= 4 is 17.7 Å². The average Bonchev–Trinajstić information content (AvgIpc) is 3.06. The fourth-order valence-electron chi connectivity index (χ4n) is 2.95. The Labute approximate surface area is 177 Å². The Morgan fingerprint density at radius 1 is 1.35 bits per heavy atom. The molecule has 0 radical (unpaired) electrons. The first-order valence-electron chi connectivity index (χ1n) is 9.42. The number of carbonyl (C=O) groups is 1. The molecule has 3 heterocycles. The van der Waals surface area contributed by atoms with Gasteiger partial charge in [-0.25, -0.2) is 19.2 Å². The summed E-state index contributed by atoms with van der Waals surface area (Å²) in [5, 5.41) is 16.1. The van der Waals surface area contributed by atoms with Crippen LogP contribution in [0.5, 0.6) is 11.6 Å². The Hall–Kier alpha value is -4.20. The minimum Gasteiger partial charge on any atom is -0.467 e. The van der Waals surface area contributed by atoms with E-state index in [0.717, 1.165) is 6.07 Å². The van der Waals surface area contributed by atoms with Crippen molar-refractivity contribution in [3.8, 4) is 29.0 Å². The number of anilines is 2. The summed E-state index contributed by atoms with van der Waals surface area (Å²) < 4.78 is 26.2. The molecule has 3 aromatic rings. The number of rotatable bonds is 0. The van der Waals surface area contributed by atoms with Gasteiger partial charge in [0, 0.05) is 12.6 Å². The van der Waals surface area contributed by atoms with Crippen LogP contribution in [0.4, 0.5) is 20.8 Å². The number of nitrogen functional groups attached to an aromatic ring is 1. The number of hydrogen-bond acceptors (Lipinski definition) is 8. The van der Waals surface area contributed by atoms with Gasteiger partial charge in [-0.3, -0.25) is 10.00 Å². The van der Waals surface area contributed by atoms with E-state index in [1.165, 1.54) is 23.0 Å². The number of halogens is 1. The summed E-state index contributed by atoms with van der Waals surface area (Å²) in [5.41, 5.74) is 6.73. The summed E-state index contributed by atoms with van der Waals surface area (Å²) in [7, 11) is 1.54. The quantitative estimate of drug-likeness (QED) is 0.557. The summed E-state index contributed by atoms with van der Waals surface area (Å²) in [4.78, 5) is 20.9. The van der Waals surface area contributed by atoms with Crippen molar-refractivity contribution in [2.24, 2.45) is 7.05 Å². The molecule has 0 fully saturated rings. The molecule has 1 unspecified atom stereocenters. The molecule has 3 N–H and O–H groups in total. The van der Waals surface area contributed by atoms with Crippen LogP contribution < -0.4 is 20.5 Å². The molecule has 31 heavy (non-hydrogen) atoms. The van der Waals surface area contributed by atoms with Crippen LogP contribution in [-0.4, -0.2) is 25.8 Å². The number of nitriles is 1. The minimum atomic E-state index is -0.877. The highest BCUT2D eigenvalue weighted by molar-refractivity contribution is 5.91. The first-order chi connectivity index (χ1) is 14.9. The molecule has 0 spiro atoms. The van der Waals surface area contributed by atoms with Gasteiger partial charge in [0.1, 0.15) is 29.4 Å². The smallest absolute Gasteiger partial charge is 0.418 e. The van der Waals surface area contributed by atoms with Crippen molar-refractivity contribution < 1.29 is 18.7 Å². The van der Waals surface area contributed by atoms with Gasteiger partial charge in [-0.1, -0.05) is 13.8 Å². The van der Waals surface area contributed by atoms with E-state index in [-0.39, 0.29) is 45.8 Å². The maximum absolute atomic E-state index is 13.8. The molecule has 1 atom stereocenters. The third-order valence-electron chi connectivity index (χ3n) is 4.30. The summed E-state index contributed by atoms with van der Waals surface area (Å²) in [6, 6.07) is 5.66. The van der Waals surface area contributed by atoms with Crippen LogP contribution in [-0.2, 0) is 7.05 Å². The third-order valence-corrected chi connectivity index (χ3v) is 4.30. The predicted molar refractivity (Wildman–Crippen MR) is 110 cm³/mol. The van der Waals surface area contributed by atoms with E-state index >= 15 is 0 Å². The van der Waals surface area contributed by atoms with Crippen LogP contribution in [0, 0.1) is 17.1 Å². The molecule has 0 saturated heterocycles. The van der Waals surface area contributed by atoms with Crippen molar-refractivity contribution in [2.45, 2.75) is 26.9 Å². The van der Waals surface area contributed by atoms with Gasteiger partial charge in [0.15, 0.2) is 11.6 Å². The lowest BCUT2D eigenvalue weighted by Crippen LogP contribution is -2.20. The number of nitrogens with two attached hydrogens (primary N) is 1. The second-order valence-corrected chi connectivity index (χ2v) is 6.21. The molecule has 160 valence electrons. The number of benzene rings is 1. The van der Waals surface area contributed by atoms with Crippen molar-refractivity contribution in [2.75, 3.05) is 11.1 Å². The normalized spacial score (nSPS) is 14.6. The molecule has 10 nitrogen and oxygen atoms in total. The van der Waals surface area contributed by atoms with E-state index in [1.54, 1.807) is 14.0 Å².